The van der Waals surface area contributed by atoms with Crippen molar-refractivity contribution in [2.24, 2.45) is 11.3 Å². The fourth-order valence-electron chi connectivity index (χ4n) is 11.8. The van der Waals surface area contributed by atoms with Gasteiger partial charge in [0.2, 0.25) is 0 Å². The number of aromatic nitrogens is 4. The summed E-state index contributed by atoms with van der Waals surface area (Å²) in [6.07, 6.45) is 12.3. The molecule has 2 aliphatic carbocycles. The van der Waals surface area contributed by atoms with Crippen LogP contribution in [0.15, 0.2) is 188 Å². The monoisotopic (exact) mass is 882 g/mol. The fraction of sp³-hybridized carbons (Fsp3) is 0.177. The second-order valence-corrected chi connectivity index (χ2v) is 20.3. The lowest BCUT2D eigenvalue weighted by Crippen LogP contribution is -2.22. The molecule has 2 aliphatic rings. The number of hydrogen-bond acceptors (Lipinski definition) is 4. The first-order valence-corrected chi connectivity index (χ1v) is 25.0. The van der Waals surface area contributed by atoms with Gasteiger partial charge in [-0.15, -0.1) is 11.3 Å². The van der Waals surface area contributed by atoms with E-state index in [1.165, 1.54) is 111 Å². The first-order chi connectivity index (χ1) is 33.1. The number of nitrogens with zero attached hydrogens (tertiary/aromatic N) is 4. The quantitative estimate of drug-likeness (QED) is 0.153. The lowest BCUT2D eigenvalue weighted by Gasteiger charge is -2.33. The van der Waals surface area contributed by atoms with Crippen molar-refractivity contribution in [2.45, 2.75) is 57.8 Å². The van der Waals surface area contributed by atoms with E-state index < -0.39 is 0 Å². The van der Waals surface area contributed by atoms with E-state index in [0.717, 1.165) is 45.0 Å². The molecule has 3 aromatic heterocycles. The van der Waals surface area contributed by atoms with Gasteiger partial charge in [0, 0.05) is 53.2 Å². The van der Waals surface area contributed by atoms with Crippen LogP contribution in [0.3, 0.4) is 0 Å². The molecular weight excluding hydrogens is 833 g/mol. The third-order valence-electron chi connectivity index (χ3n) is 15.1. The average molecular weight is 883 g/mol. The Labute approximate surface area is 395 Å². The van der Waals surface area contributed by atoms with Crippen molar-refractivity contribution in [3.05, 3.63) is 194 Å². The number of hydrogen-bond donors (Lipinski definition) is 0. The first kappa shape index (κ1) is 40.1. The Bertz CT molecular complexity index is 3630. The minimum Gasteiger partial charge on any atom is -0.309 e. The molecule has 2 fully saturated rings. The highest BCUT2D eigenvalue weighted by molar-refractivity contribution is 7.26. The molecule has 0 N–H and O–H groups in total. The highest BCUT2D eigenvalue weighted by Gasteiger charge is 2.36. The molecule has 2 bridgehead atoms. The molecular formula is C62H50N4S. The summed E-state index contributed by atoms with van der Waals surface area (Å²) in [6.45, 7) is 0. The summed E-state index contributed by atoms with van der Waals surface area (Å²) < 4.78 is 5.07. The van der Waals surface area contributed by atoms with Crippen molar-refractivity contribution in [3.63, 3.8) is 0 Å². The number of para-hydroxylation sites is 1. The van der Waals surface area contributed by atoms with Crippen molar-refractivity contribution >= 4 is 53.3 Å². The minimum atomic E-state index is 0.433. The van der Waals surface area contributed by atoms with Crippen molar-refractivity contribution < 1.29 is 0 Å². The smallest absolute Gasteiger partial charge is 0.164 e. The van der Waals surface area contributed by atoms with E-state index in [0.29, 0.717) is 22.9 Å². The van der Waals surface area contributed by atoms with Gasteiger partial charge < -0.3 is 4.57 Å². The third kappa shape index (κ3) is 7.24. The predicted molar refractivity (Wildman–Crippen MR) is 281 cm³/mol. The molecule has 324 valence electrons. The van der Waals surface area contributed by atoms with Crippen LogP contribution in [0.2, 0.25) is 0 Å². The number of rotatable bonds is 8. The number of fused-ring (bicyclic) bond motifs is 9. The average Bonchev–Trinajstić information content (AvgIpc) is 3.76. The van der Waals surface area contributed by atoms with Crippen LogP contribution in [0.1, 0.15) is 56.9 Å². The van der Waals surface area contributed by atoms with Crippen LogP contribution in [-0.4, -0.2) is 19.5 Å². The molecule has 0 radical (unpaired) electrons. The van der Waals surface area contributed by atoms with Crippen LogP contribution in [0.25, 0.3) is 104 Å². The normalized spacial score (nSPS) is 17.3. The van der Waals surface area contributed by atoms with Gasteiger partial charge in [-0.3, -0.25) is 0 Å². The van der Waals surface area contributed by atoms with Gasteiger partial charge in [0.15, 0.2) is 17.5 Å². The van der Waals surface area contributed by atoms with E-state index in [9.17, 15) is 0 Å². The van der Waals surface area contributed by atoms with Gasteiger partial charge in [0.05, 0.1) is 16.7 Å². The van der Waals surface area contributed by atoms with E-state index in [1.54, 1.807) is 0 Å². The molecule has 2 saturated carbocycles. The zero-order chi connectivity index (χ0) is 44.3. The van der Waals surface area contributed by atoms with Gasteiger partial charge in [-0.1, -0.05) is 177 Å². The minimum absolute atomic E-state index is 0.433. The predicted octanol–water partition coefficient (Wildman–Crippen LogP) is 17.0. The summed E-state index contributed by atoms with van der Waals surface area (Å²) >= 11 is 1.85. The Morgan fingerprint density at radius 3 is 1.88 bits per heavy atom. The largest absolute Gasteiger partial charge is 0.309 e. The second kappa shape index (κ2) is 16.6. The fourth-order valence-corrected chi connectivity index (χ4v) is 13.0. The molecule has 0 unspecified atom stereocenters. The molecule has 8 aromatic carbocycles. The lowest BCUT2D eigenvalue weighted by molar-refractivity contribution is 0.220. The SMILES string of the molecule is c1ccc(-c2nc(-c3cccc(-c4cccc5c4sc4ccccc45)c3)nc(-c3ccc(-c4ccccc4)c(-n4c5ccccc5c5cc(CC67CCCC(CCC6)CC7)ccc54)c3)n2)cc1. The molecule has 3 heterocycles. The van der Waals surface area contributed by atoms with Gasteiger partial charge in [-0.25, -0.2) is 15.0 Å². The van der Waals surface area contributed by atoms with Crippen LogP contribution < -0.4 is 0 Å². The van der Waals surface area contributed by atoms with Gasteiger partial charge in [-0.2, -0.15) is 0 Å². The van der Waals surface area contributed by atoms with Crippen molar-refractivity contribution in [1.82, 2.24) is 19.5 Å². The maximum absolute atomic E-state index is 5.35. The van der Waals surface area contributed by atoms with Gasteiger partial charge in [0.25, 0.3) is 0 Å². The Hall–Kier alpha value is -7.21. The third-order valence-corrected chi connectivity index (χ3v) is 16.3. The van der Waals surface area contributed by atoms with Crippen LogP contribution >= 0.6 is 11.3 Å². The molecule has 0 saturated heterocycles. The lowest BCUT2D eigenvalue weighted by atomic mass is 9.72. The molecule has 11 aromatic rings. The summed E-state index contributed by atoms with van der Waals surface area (Å²) in [5, 5.41) is 5.18. The van der Waals surface area contributed by atoms with E-state index in [1.807, 2.05) is 29.5 Å². The standard InChI is InChI=1S/C62H50N4S/c1-3-17-43(18-4-1)48-31-30-47(39-56(48)66-54-27-9-7-23-50(54)53-37-42(29-32-55(53)66)40-62-34-13-15-41(33-36-62)16-14-35-62)61-64-59(44-19-5-2-6-20-44)63-60(65-61)46-22-11-21-45(38-46)49-25-12-26-52-51-24-8-10-28-57(51)67-58(49)52/h1-12,17-32,37-39,41H,13-16,33-36,40H2. The molecule has 0 amide bonds. The second-order valence-electron chi connectivity index (χ2n) is 19.2. The first-order valence-electron chi connectivity index (χ1n) is 24.2. The maximum Gasteiger partial charge on any atom is 0.164 e. The highest BCUT2D eigenvalue weighted by atomic mass is 32.1. The summed E-state index contributed by atoms with van der Waals surface area (Å²) in [6, 6.07) is 68.2. The van der Waals surface area contributed by atoms with Crippen LogP contribution in [0.4, 0.5) is 0 Å². The Morgan fingerprint density at radius 2 is 1.07 bits per heavy atom. The van der Waals surface area contributed by atoms with Crippen molar-refractivity contribution in [1.29, 1.82) is 0 Å². The van der Waals surface area contributed by atoms with Crippen molar-refractivity contribution in [3.8, 4) is 62.1 Å². The maximum atomic E-state index is 5.35. The molecule has 67 heavy (non-hydrogen) atoms. The molecule has 5 heteroatoms. The van der Waals surface area contributed by atoms with E-state index >= 15 is 0 Å². The zero-order valence-corrected chi connectivity index (χ0v) is 38.4. The van der Waals surface area contributed by atoms with Gasteiger partial charge in [0.1, 0.15) is 0 Å². The molecule has 0 atom stereocenters. The van der Waals surface area contributed by atoms with E-state index in [2.05, 4.69) is 174 Å². The Morgan fingerprint density at radius 1 is 0.448 bits per heavy atom. The van der Waals surface area contributed by atoms with Gasteiger partial charge in [-0.05, 0) is 102 Å². The summed E-state index contributed by atoms with van der Waals surface area (Å²) in [7, 11) is 0. The topological polar surface area (TPSA) is 43.6 Å². The summed E-state index contributed by atoms with van der Waals surface area (Å²) in [5.74, 6) is 2.87. The zero-order valence-electron chi connectivity index (χ0n) is 37.5. The summed E-state index contributed by atoms with van der Waals surface area (Å²) in [4.78, 5) is 15.8. The van der Waals surface area contributed by atoms with Crippen LogP contribution in [0, 0.1) is 11.3 Å². The molecule has 13 rings (SSSR count). The Balaban J connectivity index is 0.969. The van der Waals surface area contributed by atoms with Gasteiger partial charge >= 0.3 is 0 Å². The van der Waals surface area contributed by atoms with Crippen LogP contribution in [0.5, 0.6) is 0 Å². The Kier molecular flexibility index (Phi) is 9.93. The van der Waals surface area contributed by atoms with E-state index in [4.69, 9.17) is 15.0 Å². The number of thiophene rings is 1. The molecule has 0 spiro atoms. The van der Waals surface area contributed by atoms with Crippen molar-refractivity contribution in [2.75, 3.05) is 0 Å². The number of benzene rings is 8. The van der Waals surface area contributed by atoms with Crippen LogP contribution in [-0.2, 0) is 6.42 Å². The van der Waals surface area contributed by atoms with E-state index in [-0.39, 0.29) is 0 Å². The highest BCUT2D eigenvalue weighted by Crippen LogP contribution is 2.49. The molecule has 0 aliphatic heterocycles. The molecule has 4 nitrogen and oxygen atoms in total. The summed E-state index contributed by atoms with van der Waals surface area (Å²) in [5.41, 5.74) is 12.9.